The van der Waals surface area contributed by atoms with Crippen molar-refractivity contribution in [2.75, 3.05) is 25.6 Å². The third kappa shape index (κ3) is 4.19. The number of nitrogens with zero attached hydrogens (tertiary/aromatic N) is 2. The smallest absolute Gasteiger partial charge is 0.222 e. The van der Waals surface area contributed by atoms with Crippen molar-refractivity contribution in [3.05, 3.63) is 16.0 Å². The Morgan fingerprint density at radius 3 is 2.71 bits per heavy atom. The number of ether oxygens (including phenoxy) is 1. The third-order valence-corrected chi connectivity index (χ3v) is 2.24. The van der Waals surface area contributed by atoms with Gasteiger partial charge in [0.25, 0.3) is 0 Å². The first-order chi connectivity index (χ1) is 6.72. The number of hydrogen-bond donors (Lipinski definition) is 1. The lowest BCUT2D eigenvalue weighted by molar-refractivity contribution is 0.164. The Bertz CT molecular complexity index is 265. The number of rotatable bonds is 5. The van der Waals surface area contributed by atoms with Gasteiger partial charge in [0.1, 0.15) is 0 Å². The number of anilines is 1. The molecule has 5 heteroatoms. The van der Waals surface area contributed by atoms with Crippen LogP contribution in [0.25, 0.3) is 0 Å². The van der Waals surface area contributed by atoms with Crippen molar-refractivity contribution in [1.82, 2.24) is 9.97 Å². The molecule has 0 fully saturated rings. The van der Waals surface area contributed by atoms with Gasteiger partial charge in [-0.3, -0.25) is 0 Å². The standard InChI is InChI=1S/C9H14IN3O/c1-7(6-14-2)3-11-9-12-4-8(10)5-13-9/h4-5,7H,3,6H2,1-2H3,(H,11,12,13). The number of nitrogens with one attached hydrogen (secondary N) is 1. The third-order valence-electron chi connectivity index (χ3n) is 1.68. The SMILES string of the molecule is COCC(C)CNc1ncc(I)cn1. The maximum atomic E-state index is 5.03. The molecule has 1 N–H and O–H groups in total. The zero-order chi connectivity index (χ0) is 10.4. The van der Waals surface area contributed by atoms with Crippen LogP contribution in [0.15, 0.2) is 12.4 Å². The lowest BCUT2D eigenvalue weighted by Crippen LogP contribution is -2.17. The minimum atomic E-state index is 0.461. The van der Waals surface area contributed by atoms with Crippen LogP contribution in [0.1, 0.15) is 6.92 Å². The van der Waals surface area contributed by atoms with E-state index in [9.17, 15) is 0 Å². The molecule has 1 heterocycles. The first-order valence-electron chi connectivity index (χ1n) is 4.42. The molecule has 1 aromatic rings. The lowest BCUT2D eigenvalue weighted by Gasteiger charge is -2.10. The summed E-state index contributed by atoms with van der Waals surface area (Å²) in [5.41, 5.74) is 0. The van der Waals surface area contributed by atoms with Crippen molar-refractivity contribution in [3.8, 4) is 0 Å². The fraction of sp³-hybridized carbons (Fsp3) is 0.556. The molecule has 14 heavy (non-hydrogen) atoms. The molecule has 0 radical (unpaired) electrons. The average molecular weight is 307 g/mol. The van der Waals surface area contributed by atoms with E-state index in [1.54, 1.807) is 19.5 Å². The molecule has 0 aliphatic heterocycles. The molecule has 1 rings (SSSR count). The predicted molar refractivity (Wildman–Crippen MR) is 64.3 cm³/mol. The van der Waals surface area contributed by atoms with E-state index in [0.717, 1.165) is 16.7 Å². The molecular weight excluding hydrogens is 293 g/mol. The molecule has 0 aliphatic carbocycles. The normalized spacial score (nSPS) is 12.5. The highest BCUT2D eigenvalue weighted by Gasteiger charge is 2.01. The highest BCUT2D eigenvalue weighted by molar-refractivity contribution is 14.1. The highest BCUT2D eigenvalue weighted by atomic mass is 127. The van der Waals surface area contributed by atoms with E-state index in [0.29, 0.717) is 11.9 Å². The number of methoxy groups -OCH3 is 1. The van der Waals surface area contributed by atoms with Gasteiger partial charge in [0.15, 0.2) is 0 Å². The van der Waals surface area contributed by atoms with Crippen molar-refractivity contribution in [2.24, 2.45) is 5.92 Å². The van der Waals surface area contributed by atoms with Gasteiger partial charge in [0.2, 0.25) is 5.95 Å². The van der Waals surface area contributed by atoms with Crippen LogP contribution in [-0.4, -0.2) is 30.2 Å². The maximum Gasteiger partial charge on any atom is 0.222 e. The van der Waals surface area contributed by atoms with Crippen LogP contribution < -0.4 is 5.32 Å². The van der Waals surface area contributed by atoms with Crippen LogP contribution in [0.4, 0.5) is 5.95 Å². The Kier molecular flexibility index (Phi) is 5.10. The monoisotopic (exact) mass is 307 g/mol. The van der Waals surface area contributed by atoms with Crippen LogP contribution in [0.2, 0.25) is 0 Å². The van der Waals surface area contributed by atoms with E-state index >= 15 is 0 Å². The predicted octanol–water partition coefficient (Wildman–Crippen LogP) is 1.78. The fourth-order valence-electron chi connectivity index (χ4n) is 1.01. The van der Waals surface area contributed by atoms with Gasteiger partial charge in [0.05, 0.1) is 6.61 Å². The summed E-state index contributed by atoms with van der Waals surface area (Å²) in [5.74, 6) is 1.14. The molecule has 0 spiro atoms. The van der Waals surface area contributed by atoms with Gasteiger partial charge in [-0.1, -0.05) is 6.92 Å². The molecular formula is C9H14IN3O. The highest BCUT2D eigenvalue weighted by Crippen LogP contribution is 2.03. The Balaban J connectivity index is 2.34. The minimum Gasteiger partial charge on any atom is -0.384 e. The van der Waals surface area contributed by atoms with Gasteiger partial charge in [-0.15, -0.1) is 0 Å². The Morgan fingerprint density at radius 2 is 2.14 bits per heavy atom. The van der Waals surface area contributed by atoms with Gasteiger partial charge in [-0.2, -0.15) is 0 Å². The van der Waals surface area contributed by atoms with E-state index in [4.69, 9.17) is 4.74 Å². The van der Waals surface area contributed by atoms with Gasteiger partial charge >= 0.3 is 0 Å². The second-order valence-corrected chi connectivity index (χ2v) is 4.41. The van der Waals surface area contributed by atoms with E-state index in [-0.39, 0.29) is 0 Å². The van der Waals surface area contributed by atoms with Gasteiger partial charge in [-0.25, -0.2) is 9.97 Å². The molecule has 0 amide bonds. The molecule has 78 valence electrons. The first-order valence-corrected chi connectivity index (χ1v) is 5.50. The molecule has 0 aromatic carbocycles. The van der Waals surface area contributed by atoms with Crippen LogP contribution in [0, 0.1) is 9.49 Å². The van der Waals surface area contributed by atoms with E-state index in [2.05, 4.69) is 44.8 Å². The van der Waals surface area contributed by atoms with Crippen molar-refractivity contribution in [3.63, 3.8) is 0 Å². The zero-order valence-electron chi connectivity index (χ0n) is 8.33. The second kappa shape index (κ2) is 6.13. The molecule has 1 unspecified atom stereocenters. The van der Waals surface area contributed by atoms with Crippen LogP contribution in [0.5, 0.6) is 0 Å². The molecule has 1 atom stereocenters. The fourth-order valence-corrected chi connectivity index (χ4v) is 1.29. The summed E-state index contributed by atoms with van der Waals surface area (Å²) >= 11 is 2.18. The quantitative estimate of drug-likeness (QED) is 0.842. The topological polar surface area (TPSA) is 47.0 Å². The van der Waals surface area contributed by atoms with E-state index < -0.39 is 0 Å². The van der Waals surface area contributed by atoms with E-state index in [1.807, 2.05) is 0 Å². The summed E-state index contributed by atoms with van der Waals surface area (Å²) in [6.45, 7) is 3.69. The lowest BCUT2D eigenvalue weighted by atomic mass is 10.2. The van der Waals surface area contributed by atoms with Crippen molar-refractivity contribution in [2.45, 2.75) is 6.92 Å². The molecule has 1 aromatic heterocycles. The van der Waals surface area contributed by atoms with Crippen LogP contribution >= 0.6 is 22.6 Å². The molecule has 0 saturated carbocycles. The summed E-state index contributed by atoms with van der Waals surface area (Å²) < 4.78 is 6.07. The minimum absolute atomic E-state index is 0.461. The maximum absolute atomic E-state index is 5.03. The number of hydrogen-bond acceptors (Lipinski definition) is 4. The summed E-state index contributed by atoms with van der Waals surface area (Å²) in [4.78, 5) is 8.28. The molecule has 0 bridgehead atoms. The van der Waals surface area contributed by atoms with Crippen molar-refractivity contribution >= 4 is 28.5 Å². The second-order valence-electron chi connectivity index (χ2n) is 3.17. The largest absolute Gasteiger partial charge is 0.384 e. The average Bonchev–Trinajstić information content (AvgIpc) is 2.17. The van der Waals surface area contributed by atoms with Crippen LogP contribution in [-0.2, 0) is 4.74 Å². The Labute approximate surface area is 97.6 Å². The summed E-state index contributed by atoms with van der Waals surface area (Å²) in [5, 5.41) is 3.15. The first kappa shape index (κ1) is 11.6. The van der Waals surface area contributed by atoms with Crippen molar-refractivity contribution < 1.29 is 4.74 Å². The van der Waals surface area contributed by atoms with E-state index in [1.165, 1.54) is 0 Å². The summed E-state index contributed by atoms with van der Waals surface area (Å²) in [7, 11) is 1.71. The van der Waals surface area contributed by atoms with Gasteiger partial charge in [-0.05, 0) is 28.5 Å². The Morgan fingerprint density at radius 1 is 1.50 bits per heavy atom. The Hall–Kier alpha value is -0.430. The molecule has 0 aliphatic rings. The number of aromatic nitrogens is 2. The van der Waals surface area contributed by atoms with Gasteiger partial charge in [0, 0.05) is 29.6 Å². The zero-order valence-corrected chi connectivity index (χ0v) is 10.5. The number of halogens is 1. The summed E-state index contributed by atoms with van der Waals surface area (Å²) in [6.07, 6.45) is 3.58. The molecule has 4 nitrogen and oxygen atoms in total. The van der Waals surface area contributed by atoms with Crippen LogP contribution in [0.3, 0.4) is 0 Å². The summed E-state index contributed by atoms with van der Waals surface area (Å²) in [6, 6.07) is 0. The molecule has 0 saturated heterocycles. The van der Waals surface area contributed by atoms with Crippen molar-refractivity contribution in [1.29, 1.82) is 0 Å². The van der Waals surface area contributed by atoms with Gasteiger partial charge < -0.3 is 10.1 Å².